The number of ether oxygens (including phenoxy) is 1. The highest BCUT2D eigenvalue weighted by Gasteiger charge is 2.25. The average molecular weight is 343 g/mol. The number of nitrogens with one attached hydrogen (secondary N) is 3. The zero-order valence-corrected chi connectivity index (χ0v) is 15.0. The van der Waals surface area contributed by atoms with Crippen molar-refractivity contribution in [2.45, 2.75) is 44.2 Å². The monoisotopic (exact) mass is 343 g/mol. The van der Waals surface area contributed by atoms with Crippen LogP contribution in [0.15, 0.2) is 29.2 Å². The quantitative estimate of drug-likeness (QED) is 0.735. The molecule has 1 rings (SSSR count). The van der Waals surface area contributed by atoms with Gasteiger partial charge in [-0.3, -0.25) is 0 Å². The molecule has 0 heterocycles. The molecule has 130 valence electrons. The van der Waals surface area contributed by atoms with Gasteiger partial charge in [0.05, 0.1) is 18.3 Å². The molecule has 0 aromatic heterocycles. The number of anilines is 1. The maximum absolute atomic E-state index is 12.5. The van der Waals surface area contributed by atoms with E-state index < -0.39 is 21.6 Å². The summed E-state index contributed by atoms with van der Waals surface area (Å²) in [6, 6.07) is 5.56. The maximum Gasteiger partial charge on any atom is 0.319 e. The van der Waals surface area contributed by atoms with Crippen molar-refractivity contribution >= 4 is 21.7 Å². The van der Waals surface area contributed by atoms with Crippen molar-refractivity contribution in [1.29, 1.82) is 0 Å². The van der Waals surface area contributed by atoms with Gasteiger partial charge in [0.15, 0.2) is 0 Å². The van der Waals surface area contributed by atoms with E-state index in [9.17, 15) is 13.2 Å². The largest absolute Gasteiger partial charge is 0.383 e. The van der Waals surface area contributed by atoms with Gasteiger partial charge in [0.1, 0.15) is 4.90 Å². The molecule has 0 saturated heterocycles. The molecule has 1 atom stereocenters. The molecule has 0 fully saturated rings. The summed E-state index contributed by atoms with van der Waals surface area (Å²) >= 11 is 0. The molecular weight excluding hydrogens is 318 g/mol. The van der Waals surface area contributed by atoms with Gasteiger partial charge in [-0.15, -0.1) is 0 Å². The van der Waals surface area contributed by atoms with Gasteiger partial charge in [-0.1, -0.05) is 12.1 Å². The van der Waals surface area contributed by atoms with Crippen LogP contribution in [0.25, 0.3) is 0 Å². The van der Waals surface area contributed by atoms with Gasteiger partial charge < -0.3 is 15.4 Å². The molecule has 0 radical (unpaired) electrons. The molecule has 2 amide bonds. The van der Waals surface area contributed by atoms with Crippen LogP contribution in [0.5, 0.6) is 0 Å². The second kappa shape index (κ2) is 7.76. The van der Waals surface area contributed by atoms with E-state index in [0.29, 0.717) is 6.61 Å². The average Bonchev–Trinajstić information content (AvgIpc) is 2.36. The van der Waals surface area contributed by atoms with Crippen LogP contribution in [-0.2, 0) is 14.8 Å². The number of benzene rings is 1. The maximum atomic E-state index is 12.5. The van der Waals surface area contributed by atoms with E-state index in [1.165, 1.54) is 19.2 Å². The van der Waals surface area contributed by atoms with Crippen molar-refractivity contribution in [2.75, 3.05) is 19.0 Å². The molecule has 8 heteroatoms. The summed E-state index contributed by atoms with van der Waals surface area (Å²) in [5, 5.41) is 5.23. The van der Waals surface area contributed by atoms with E-state index in [2.05, 4.69) is 15.4 Å². The Bertz CT molecular complexity index is 638. The number of hydrogen-bond donors (Lipinski definition) is 3. The number of rotatable bonds is 6. The highest BCUT2D eigenvalue weighted by Crippen LogP contribution is 2.22. The van der Waals surface area contributed by atoms with Gasteiger partial charge in [0.25, 0.3) is 0 Å². The summed E-state index contributed by atoms with van der Waals surface area (Å²) in [5.74, 6) is 0. The number of carbonyl (C=O) groups is 1. The minimum Gasteiger partial charge on any atom is -0.383 e. The molecule has 1 aromatic rings. The van der Waals surface area contributed by atoms with Gasteiger partial charge in [0, 0.05) is 12.6 Å². The zero-order valence-electron chi connectivity index (χ0n) is 14.1. The second-order valence-electron chi connectivity index (χ2n) is 6.31. The fourth-order valence-electron chi connectivity index (χ4n) is 1.94. The summed E-state index contributed by atoms with van der Waals surface area (Å²) < 4.78 is 32.5. The van der Waals surface area contributed by atoms with Crippen molar-refractivity contribution in [3.8, 4) is 0 Å². The summed E-state index contributed by atoms with van der Waals surface area (Å²) in [4.78, 5) is 12.0. The van der Waals surface area contributed by atoms with Crippen LogP contribution in [0, 0.1) is 0 Å². The smallest absolute Gasteiger partial charge is 0.319 e. The van der Waals surface area contributed by atoms with Crippen LogP contribution in [-0.4, -0.2) is 39.7 Å². The lowest BCUT2D eigenvalue weighted by Crippen LogP contribution is -2.41. The van der Waals surface area contributed by atoms with Gasteiger partial charge >= 0.3 is 6.03 Å². The molecule has 23 heavy (non-hydrogen) atoms. The minimum atomic E-state index is -3.75. The first kappa shape index (κ1) is 19.4. The Morgan fingerprint density at radius 2 is 1.87 bits per heavy atom. The molecule has 0 aliphatic heterocycles. The fourth-order valence-corrected chi connectivity index (χ4v) is 3.52. The van der Waals surface area contributed by atoms with E-state index >= 15 is 0 Å². The number of methoxy groups -OCH3 is 1. The topological polar surface area (TPSA) is 96.5 Å². The molecule has 7 nitrogen and oxygen atoms in total. The molecule has 3 N–H and O–H groups in total. The molecule has 0 bridgehead atoms. The van der Waals surface area contributed by atoms with Gasteiger partial charge in [-0.25, -0.2) is 17.9 Å². The third-order valence-corrected chi connectivity index (χ3v) is 4.48. The number of para-hydroxylation sites is 1. The lowest BCUT2D eigenvalue weighted by atomic mass is 10.1. The fraction of sp³-hybridized carbons (Fsp3) is 0.533. The molecule has 0 spiro atoms. The molecule has 0 saturated carbocycles. The lowest BCUT2D eigenvalue weighted by molar-refractivity contribution is 0.173. The highest BCUT2D eigenvalue weighted by atomic mass is 32.2. The number of amides is 2. The van der Waals surface area contributed by atoms with Crippen molar-refractivity contribution in [3.63, 3.8) is 0 Å². The van der Waals surface area contributed by atoms with Crippen LogP contribution in [0.1, 0.15) is 27.7 Å². The van der Waals surface area contributed by atoms with Crippen LogP contribution < -0.4 is 15.4 Å². The Balaban J connectivity index is 2.96. The number of sulfonamides is 1. The molecule has 0 aliphatic rings. The highest BCUT2D eigenvalue weighted by molar-refractivity contribution is 7.89. The molecule has 1 aromatic carbocycles. The van der Waals surface area contributed by atoms with Crippen LogP contribution >= 0.6 is 0 Å². The first-order valence-corrected chi connectivity index (χ1v) is 8.73. The van der Waals surface area contributed by atoms with Crippen LogP contribution in [0.2, 0.25) is 0 Å². The van der Waals surface area contributed by atoms with Crippen molar-refractivity contribution in [2.24, 2.45) is 0 Å². The Morgan fingerprint density at radius 3 is 2.43 bits per heavy atom. The van der Waals surface area contributed by atoms with E-state index in [1.54, 1.807) is 39.8 Å². The number of hydrogen-bond acceptors (Lipinski definition) is 4. The predicted octanol–water partition coefficient (Wildman–Crippen LogP) is 1.92. The SMILES string of the molecule is COC[C@@H](C)NC(=O)Nc1ccccc1S(=O)(=O)NC(C)(C)C. The Labute approximate surface area is 137 Å². The van der Waals surface area contributed by atoms with E-state index in [0.717, 1.165) is 0 Å². The van der Waals surface area contributed by atoms with Gasteiger partial charge in [-0.05, 0) is 39.8 Å². The van der Waals surface area contributed by atoms with E-state index in [4.69, 9.17) is 4.74 Å². The van der Waals surface area contributed by atoms with E-state index in [-0.39, 0.29) is 16.6 Å². The Hall–Kier alpha value is -1.64. The van der Waals surface area contributed by atoms with Crippen molar-refractivity contribution in [3.05, 3.63) is 24.3 Å². The summed E-state index contributed by atoms with van der Waals surface area (Å²) in [7, 11) is -2.21. The summed E-state index contributed by atoms with van der Waals surface area (Å²) in [6.07, 6.45) is 0. The number of carbonyl (C=O) groups excluding carboxylic acids is 1. The Kier molecular flexibility index (Phi) is 6.55. The first-order chi connectivity index (χ1) is 10.5. The minimum absolute atomic E-state index is 0.0180. The molecule has 0 aliphatic carbocycles. The zero-order chi connectivity index (χ0) is 17.7. The molecule has 0 unspecified atom stereocenters. The third-order valence-electron chi connectivity index (χ3n) is 2.66. The third kappa shape index (κ3) is 6.55. The normalized spacial score (nSPS) is 13.4. The van der Waals surface area contributed by atoms with Crippen molar-refractivity contribution < 1.29 is 17.9 Å². The van der Waals surface area contributed by atoms with Crippen molar-refractivity contribution in [1.82, 2.24) is 10.0 Å². The standard InChI is InChI=1S/C15H25N3O4S/c1-11(10-22-5)16-14(19)17-12-8-6-7-9-13(12)23(20,21)18-15(2,3)4/h6-9,11,18H,10H2,1-5H3,(H2,16,17,19)/t11-/m1/s1. The lowest BCUT2D eigenvalue weighted by Gasteiger charge is -2.22. The van der Waals surface area contributed by atoms with Crippen LogP contribution in [0.4, 0.5) is 10.5 Å². The predicted molar refractivity (Wildman–Crippen MR) is 90.0 cm³/mol. The second-order valence-corrected chi connectivity index (χ2v) is 7.96. The molecular formula is C15H25N3O4S. The first-order valence-electron chi connectivity index (χ1n) is 7.24. The van der Waals surface area contributed by atoms with Gasteiger partial charge in [0.2, 0.25) is 10.0 Å². The van der Waals surface area contributed by atoms with E-state index in [1.807, 2.05) is 0 Å². The van der Waals surface area contributed by atoms with Gasteiger partial charge in [-0.2, -0.15) is 0 Å². The summed E-state index contributed by atoms with van der Waals surface area (Å²) in [6.45, 7) is 7.39. The van der Waals surface area contributed by atoms with Crippen LogP contribution in [0.3, 0.4) is 0 Å². The summed E-state index contributed by atoms with van der Waals surface area (Å²) in [5.41, 5.74) is -0.410. The Morgan fingerprint density at radius 1 is 1.26 bits per heavy atom. The number of urea groups is 1.